The van der Waals surface area contributed by atoms with E-state index in [1.54, 1.807) is 0 Å². The minimum atomic E-state index is -0.412. The number of nitrogens with one attached hydrogen (secondary N) is 2. The van der Waals surface area contributed by atoms with Crippen molar-refractivity contribution in [1.82, 2.24) is 10.6 Å². The van der Waals surface area contributed by atoms with Gasteiger partial charge in [-0.1, -0.05) is 13.8 Å². The zero-order valence-corrected chi connectivity index (χ0v) is 11.1. The Morgan fingerprint density at radius 2 is 1.65 bits per heavy atom. The molecule has 0 aliphatic carbocycles. The van der Waals surface area contributed by atoms with Crippen molar-refractivity contribution < 1.29 is 9.59 Å². The SMILES string of the molecule is CC(=O)NCCCCNC(=O)[C@@H](N)CC(C)C. The molecule has 0 radical (unpaired) electrons. The molecule has 0 aromatic rings. The monoisotopic (exact) mass is 243 g/mol. The van der Waals surface area contributed by atoms with E-state index in [1.807, 2.05) is 13.8 Å². The molecule has 0 aliphatic heterocycles. The van der Waals surface area contributed by atoms with Gasteiger partial charge in [0.25, 0.3) is 0 Å². The summed E-state index contributed by atoms with van der Waals surface area (Å²) in [5, 5.41) is 5.51. The van der Waals surface area contributed by atoms with Crippen molar-refractivity contribution in [3.63, 3.8) is 0 Å². The minimum Gasteiger partial charge on any atom is -0.356 e. The summed E-state index contributed by atoms with van der Waals surface area (Å²) in [5.74, 6) is 0.321. The van der Waals surface area contributed by atoms with Crippen molar-refractivity contribution in [3.05, 3.63) is 0 Å². The van der Waals surface area contributed by atoms with E-state index in [0.717, 1.165) is 12.8 Å². The quantitative estimate of drug-likeness (QED) is 0.539. The number of amides is 2. The summed E-state index contributed by atoms with van der Waals surface area (Å²) in [4.78, 5) is 22.1. The van der Waals surface area contributed by atoms with Crippen LogP contribution in [-0.4, -0.2) is 30.9 Å². The van der Waals surface area contributed by atoms with E-state index in [-0.39, 0.29) is 11.8 Å². The maximum absolute atomic E-state index is 11.5. The van der Waals surface area contributed by atoms with Gasteiger partial charge >= 0.3 is 0 Å². The van der Waals surface area contributed by atoms with Gasteiger partial charge in [0, 0.05) is 20.0 Å². The molecule has 5 nitrogen and oxygen atoms in total. The second-order valence-corrected chi connectivity index (χ2v) is 4.72. The van der Waals surface area contributed by atoms with Crippen LogP contribution in [0.25, 0.3) is 0 Å². The molecule has 5 heteroatoms. The maximum atomic E-state index is 11.5. The summed E-state index contributed by atoms with van der Waals surface area (Å²) in [6, 6.07) is -0.412. The molecule has 0 saturated heterocycles. The molecule has 0 fully saturated rings. The maximum Gasteiger partial charge on any atom is 0.236 e. The molecule has 0 bridgehead atoms. The highest BCUT2D eigenvalue weighted by Crippen LogP contribution is 2.02. The zero-order chi connectivity index (χ0) is 13.3. The minimum absolute atomic E-state index is 0.0204. The lowest BCUT2D eigenvalue weighted by Gasteiger charge is -2.14. The highest BCUT2D eigenvalue weighted by molar-refractivity contribution is 5.81. The van der Waals surface area contributed by atoms with Gasteiger partial charge in [0.2, 0.25) is 11.8 Å². The normalized spacial score (nSPS) is 12.3. The molecular formula is C12H25N3O2. The number of carbonyl (C=O) groups is 2. The molecule has 0 heterocycles. The fraction of sp³-hybridized carbons (Fsp3) is 0.833. The van der Waals surface area contributed by atoms with Crippen LogP contribution in [0, 0.1) is 5.92 Å². The second kappa shape index (κ2) is 8.98. The van der Waals surface area contributed by atoms with E-state index in [0.29, 0.717) is 25.4 Å². The van der Waals surface area contributed by atoms with Gasteiger partial charge in [-0.05, 0) is 25.2 Å². The molecule has 2 amide bonds. The first-order valence-corrected chi connectivity index (χ1v) is 6.21. The molecule has 1 atom stereocenters. The molecule has 0 aliphatic rings. The van der Waals surface area contributed by atoms with Crippen molar-refractivity contribution in [2.45, 2.75) is 46.1 Å². The average Bonchev–Trinajstić information content (AvgIpc) is 2.21. The lowest BCUT2D eigenvalue weighted by molar-refractivity contribution is -0.122. The zero-order valence-electron chi connectivity index (χ0n) is 11.1. The van der Waals surface area contributed by atoms with Crippen LogP contribution in [0.5, 0.6) is 0 Å². The van der Waals surface area contributed by atoms with Crippen LogP contribution in [0.2, 0.25) is 0 Å². The van der Waals surface area contributed by atoms with Gasteiger partial charge in [-0.25, -0.2) is 0 Å². The number of unbranched alkanes of at least 4 members (excludes halogenated alkanes) is 1. The summed E-state index contributed by atoms with van der Waals surface area (Å²) in [6.07, 6.45) is 2.41. The fourth-order valence-electron chi connectivity index (χ4n) is 1.47. The van der Waals surface area contributed by atoms with Crippen LogP contribution in [0.15, 0.2) is 0 Å². The van der Waals surface area contributed by atoms with Crippen molar-refractivity contribution in [2.75, 3.05) is 13.1 Å². The third-order valence-corrected chi connectivity index (χ3v) is 2.34. The first kappa shape index (κ1) is 15.9. The first-order valence-electron chi connectivity index (χ1n) is 6.21. The Morgan fingerprint density at radius 3 is 2.12 bits per heavy atom. The standard InChI is InChI=1S/C12H25N3O2/c1-9(2)8-11(13)12(17)15-7-5-4-6-14-10(3)16/h9,11H,4-8,13H2,1-3H3,(H,14,16)(H,15,17)/t11-/m0/s1. The molecule has 0 spiro atoms. The summed E-state index contributed by atoms with van der Waals surface area (Å²) in [6.45, 7) is 6.85. The Hall–Kier alpha value is -1.10. The van der Waals surface area contributed by atoms with Crippen LogP contribution >= 0.6 is 0 Å². The van der Waals surface area contributed by atoms with Crippen LogP contribution in [0.3, 0.4) is 0 Å². The molecule has 0 rings (SSSR count). The van der Waals surface area contributed by atoms with Crippen molar-refractivity contribution in [2.24, 2.45) is 11.7 Å². The van der Waals surface area contributed by atoms with Gasteiger partial charge in [-0.15, -0.1) is 0 Å². The molecular weight excluding hydrogens is 218 g/mol. The number of carbonyl (C=O) groups excluding carboxylic acids is 2. The number of nitrogens with two attached hydrogens (primary N) is 1. The highest BCUT2D eigenvalue weighted by Gasteiger charge is 2.13. The molecule has 100 valence electrons. The van der Waals surface area contributed by atoms with Gasteiger partial charge in [-0.2, -0.15) is 0 Å². The number of hydrogen-bond acceptors (Lipinski definition) is 3. The third-order valence-electron chi connectivity index (χ3n) is 2.34. The lowest BCUT2D eigenvalue weighted by Crippen LogP contribution is -2.41. The smallest absolute Gasteiger partial charge is 0.236 e. The summed E-state index contributed by atoms with van der Waals surface area (Å²) >= 11 is 0. The van der Waals surface area contributed by atoms with Gasteiger partial charge in [-0.3, -0.25) is 9.59 Å². The largest absolute Gasteiger partial charge is 0.356 e. The molecule has 0 aromatic carbocycles. The van der Waals surface area contributed by atoms with Crippen LogP contribution in [-0.2, 0) is 9.59 Å². The molecule has 0 saturated carbocycles. The van der Waals surface area contributed by atoms with Crippen molar-refractivity contribution >= 4 is 11.8 Å². The highest BCUT2D eigenvalue weighted by atomic mass is 16.2. The van der Waals surface area contributed by atoms with Crippen molar-refractivity contribution in [1.29, 1.82) is 0 Å². The van der Waals surface area contributed by atoms with Crippen LogP contribution < -0.4 is 16.4 Å². The molecule has 0 aromatic heterocycles. The Labute approximate surface area is 104 Å². The molecule has 4 N–H and O–H groups in total. The average molecular weight is 243 g/mol. The summed E-state index contributed by atoms with van der Waals surface area (Å²) < 4.78 is 0. The Kier molecular flexibility index (Phi) is 8.40. The lowest BCUT2D eigenvalue weighted by atomic mass is 10.0. The third kappa shape index (κ3) is 9.81. The predicted molar refractivity (Wildman–Crippen MR) is 68.4 cm³/mol. The Morgan fingerprint density at radius 1 is 1.12 bits per heavy atom. The van der Waals surface area contributed by atoms with E-state index in [9.17, 15) is 9.59 Å². The summed E-state index contributed by atoms with van der Waals surface area (Å²) in [7, 11) is 0. The molecule has 0 unspecified atom stereocenters. The fourth-order valence-corrected chi connectivity index (χ4v) is 1.47. The molecule has 17 heavy (non-hydrogen) atoms. The van der Waals surface area contributed by atoms with E-state index in [1.165, 1.54) is 6.92 Å². The Balaban J connectivity index is 3.47. The Bertz CT molecular complexity index is 242. The second-order valence-electron chi connectivity index (χ2n) is 4.72. The van der Waals surface area contributed by atoms with Gasteiger partial charge in [0.05, 0.1) is 6.04 Å². The van der Waals surface area contributed by atoms with Crippen LogP contribution in [0.4, 0.5) is 0 Å². The van der Waals surface area contributed by atoms with Gasteiger partial charge < -0.3 is 16.4 Å². The number of hydrogen-bond donors (Lipinski definition) is 3. The predicted octanol–water partition coefficient (Wildman–Crippen LogP) is 0.392. The van der Waals surface area contributed by atoms with Gasteiger partial charge in [0.15, 0.2) is 0 Å². The van der Waals surface area contributed by atoms with E-state index >= 15 is 0 Å². The van der Waals surface area contributed by atoms with E-state index in [4.69, 9.17) is 5.73 Å². The van der Waals surface area contributed by atoms with Crippen LogP contribution in [0.1, 0.15) is 40.0 Å². The van der Waals surface area contributed by atoms with Crippen molar-refractivity contribution in [3.8, 4) is 0 Å². The number of rotatable bonds is 8. The first-order chi connectivity index (χ1) is 7.93. The van der Waals surface area contributed by atoms with E-state index < -0.39 is 6.04 Å². The topological polar surface area (TPSA) is 84.2 Å². The summed E-state index contributed by atoms with van der Waals surface area (Å²) in [5.41, 5.74) is 5.73. The van der Waals surface area contributed by atoms with Gasteiger partial charge in [0.1, 0.15) is 0 Å². The van der Waals surface area contributed by atoms with E-state index in [2.05, 4.69) is 10.6 Å².